The van der Waals surface area contributed by atoms with Gasteiger partial charge in [-0.15, -0.1) is 0 Å². The minimum Gasteiger partial charge on any atom is -0.497 e. The van der Waals surface area contributed by atoms with Crippen molar-refractivity contribution in [1.29, 1.82) is 0 Å². The molecule has 0 amide bonds. The van der Waals surface area contributed by atoms with E-state index in [1.807, 2.05) is 24.3 Å². The zero-order chi connectivity index (χ0) is 19.5. The van der Waals surface area contributed by atoms with Crippen LogP contribution in [0.1, 0.15) is 5.56 Å². The molecule has 0 aliphatic carbocycles. The molecule has 1 fully saturated rings. The average Bonchev–Trinajstić information content (AvgIpc) is 2.98. The van der Waals surface area contributed by atoms with Gasteiger partial charge in [-0.25, -0.2) is 16.8 Å². The van der Waals surface area contributed by atoms with Crippen molar-refractivity contribution in [3.8, 4) is 5.75 Å². The van der Waals surface area contributed by atoms with E-state index in [0.29, 0.717) is 13.0 Å². The van der Waals surface area contributed by atoms with Gasteiger partial charge in [-0.2, -0.15) is 0 Å². The molecule has 0 saturated carbocycles. The Morgan fingerprint density at radius 3 is 2.52 bits per heavy atom. The van der Waals surface area contributed by atoms with Crippen LogP contribution < -0.4 is 10.1 Å². The van der Waals surface area contributed by atoms with E-state index in [1.54, 1.807) is 25.3 Å². The molecule has 0 spiro atoms. The lowest BCUT2D eigenvalue weighted by Gasteiger charge is -2.20. The maximum absolute atomic E-state index is 12.9. The molecule has 1 heterocycles. The van der Waals surface area contributed by atoms with Crippen LogP contribution in [0.25, 0.3) is 0 Å². The van der Waals surface area contributed by atoms with Gasteiger partial charge < -0.3 is 10.1 Å². The van der Waals surface area contributed by atoms with Gasteiger partial charge in [-0.3, -0.25) is 0 Å². The Morgan fingerprint density at radius 1 is 1.07 bits per heavy atom. The van der Waals surface area contributed by atoms with E-state index in [9.17, 15) is 16.8 Å². The monoisotopic (exact) mass is 409 g/mol. The predicted molar refractivity (Wildman–Crippen MR) is 105 cm³/mol. The molecular formula is C19H23NO5S2. The Labute approximate surface area is 160 Å². The summed E-state index contributed by atoms with van der Waals surface area (Å²) in [6.07, 6.45) is 0.645. The molecule has 27 heavy (non-hydrogen) atoms. The summed E-state index contributed by atoms with van der Waals surface area (Å²) in [7, 11) is -5.53. The van der Waals surface area contributed by atoms with Crippen LogP contribution in [0.4, 0.5) is 0 Å². The van der Waals surface area contributed by atoms with Crippen LogP contribution in [0.15, 0.2) is 59.5 Å². The second-order valence-corrected chi connectivity index (χ2v) is 11.0. The maximum Gasteiger partial charge on any atom is 0.183 e. The van der Waals surface area contributed by atoms with Crippen LogP contribution in [0.5, 0.6) is 5.75 Å². The van der Waals surface area contributed by atoms with Gasteiger partial charge in [0.15, 0.2) is 19.7 Å². The Hall–Kier alpha value is -1.90. The van der Waals surface area contributed by atoms with Crippen LogP contribution in [-0.4, -0.2) is 53.3 Å². The van der Waals surface area contributed by atoms with Crippen molar-refractivity contribution in [1.82, 2.24) is 5.32 Å². The zero-order valence-electron chi connectivity index (χ0n) is 15.0. The molecule has 146 valence electrons. The summed E-state index contributed by atoms with van der Waals surface area (Å²) in [6, 6.07) is 15.0. The minimum absolute atomic E-state index is 0.159. The van der Waals surface area contributed by atoms with E-state index in [1.165, 1.54) is 12.1 Å². The highest BCUT2D eigenvalue weighted by atomic mass is 32.2. The van der Waals surface area contributed by atoms with Crippen LogP contribution >= 0.6 is 0 Å². The van der Waals surface area contributed by atoms with Gasteiger partial charge in [-0.1, -0.05) is 30.3 Å². The molecule has 8 heteroatoms. The predicted octanol–water partition coefficient (Wildman–Crippen LogP) is 1.47. The first kappa shape index (κ1) is 19.9. The van der Waals surface area contributed by atoms with Crippen molar-refractivity contribution in [2.24, 2.45) is 0 Å². The molecule has 0 aromatic heterocycles. The van der Waals surface area contributed by atoms with E-state index in [2.05, 4.69) is 5.32 Å². The highest BCUT2D eigenvalue weighted by Gasteiger charge is 2.45. The summed E-state index contributed by atoms with van der Waals surface area (Å²) in [5.74, 6) is 0.239. The number of rotatable bonds is 7. The molecule has 3 rings (SSSR count). The van der Waals surface area contributed by atoms with Gasteiger partial charge in [0.25, 0.3) is 0 Å². The summed E-state index contributed by atoms with van der Waals surface area (Å²) in [5, 5.41) is 2.17. The maximum atomic E-state index is 12.9. The quantitative estimate of drug-likeness (QED) is 0.745. The molecule has 1 aliphatic rings. The molecule has 0 radical (unpaired) electrons. The van der Waals surface area contributed by atoms with Crippen LogP contribution in [0.3, 0.4) is 0 Å². The lowest BCUT2D eigenvalue weighted by Crippen LogP contribution is -2.44. The molecule has 1 N–H and O–H groups in total. The molecule has 2 aromatic carbocycles. The largest absolute Gasteiger partial charge is 0.497 e. The molecule has 0 bridgehead atoms. The van der Waals surface area contributed by atoms with Gasteiger partial charge in [0.1, 0.15) is 5.75 Å². The van der Waals surface area contributed by atoms with Gasteiger partial charge in [0, 0.05) is 6.04 Å². The van der Waals surface area contributed by atoms with E-state index in [-0.39, 0.29) is 16.4 Å². The van der Waals surface area contributed by atoms with Crippen molar-refractivity contribution in [2.45, 2.75) is 22.6 Å². The van der Waals surface area contributed by atoms with Crippen molar-refractivity contribution in [2.75, 3.05) is 25.2 Å². The third-order valence-corrected chi connectivity index (χ3v) is 8.89. The molecule has 2 atom stereocenters. The summed E-state index contributed by atoms with van der Waals surface area (Å²) in [6.45, 7) is 0.480. The minimum atomic E-state index is -3.73. The fourth-order valence-electron chi connectivity index (χ4n) is 3.33. The van der Waals surface area contributed by atoms with E-state index in [0.717, 1.165) is 11.3 Å². The van der Waals surface area contributed by atoms with E-state index < -0.39 is 31.0 Å². The Bertz CT molecular complexity index is 988. The molecule has 0 unspecified atom stereocenters. The van der Waals surface area contributed by atoms with Gasteiger partial charge in [-0.05, 0) is 42.8 Å². The number of methoxy groups -OCH3 is 1. The zero-order valence-corrected chi connectivity index (χ0v) is 16.7. The Kier molecular flexibility index (Phi) is 5.88. The molecule has 1 aliphatic heterocycles. The number of nitrogens with one attached hydrogen (secondary N) is 1. The third-order valence-electron chi connectivity index (χ3n) is 4.73. The van der Waals surface area contributed by atoms with Gasteiger partial charge >= 0.3 is 0 Å². The highest BCUT2D eigenvalue weighted by Crippen LogP contribution is 2.26. The van der Waals surface area contributed by atoms with E-state index in [4.69, 9.17) is 4.74 Å². The van der Waals surface area contributed by atoms with Crippen LogP contribution in [0.2, 0.25) is 0 Å². The van der Waals surface area contributed by atoms with Crippen molar-refractivity contribution < 1.29 is 21.6 Å². The van der Waals surface area contributed by atoms with Gasteiger partial charge in [0.2, 0.25) is 0 Å². The fourth-order valence-corrected chi connectivity index (χ4v) is 8.06. The number of benzene rings is 2. The second-order valence-electron chi connectivity index (χ2n) is 6.64. The topological polar surface area (TPSA) is 89.5 Å². The SMILES string of the molecule is COc1cccc(CCN[C@H]2CS(=O)(=O)C[C@@H]2S(=O)(=O)c2ccccc2)c1. The van der Waals surface area contributed by atoms with Crippen molar-refractivity contribution in [3.05, 3.63) is 60.2 Å². The first-order valence-corrected chi connectivity index (χ1v) is 12.0. The lowest BCUT2D eigenvalue weighted by atomic mass is 10.1. The normalized spacial score (nSPS) is 21.8. The van der Waals surface area contributed by atoms with Crippen molar-refractivity contribution >= 4 is 19.7 Å². The first-order valence-electron chi connectivity index (χ1n) is 8.67. The summed E-state index contributed by atoms with van der Waals surface area (Å²) < 4.78 is 55.3. The number of sulfone groups is 2. The van der Waals surface area contributed by atoms with E-state index >= 15 is 0 Å². The van der Waals surface area contributed by atoms with Crippen LogP contribution in [0, 0.1) is 0 Å². The molecule has 6 nitrogen and oxygen atoms in total. The molecule has 1 saturated heterocycles. The summed E-state index contributed by atoms with van der Waals surface area (Å²) in [4.78, 5) is 0.159. The number of hydrogen-bond donors (Lipinski definition) is 1. The third kappa shape index (κ3) is 4.69. The van der Waals surface area contributed by atoms with Crippen molar-refractivity contribution in [3.63, 3.8) is 0 Å². The van der Waals surface area contributed by atoms with Gasteiger partial charge in [0.05, 0.1) is 28.8 Å². The molecule has 2 aromatic rings. The highest BCUT2D eigenvalue weighted by molar-refractivity contribution is 7.96. The summed E-state index contributed by atoms with van der Waals surface area (Å²) >= 11 is 0. The Balaban J connectivity index is 1.73. The number of ether oxygens (including phenoxy) is 1. The Morgan fingerprint density at radius 2 is 1.81 bits per heavy atom. The molecular weight excluding hydrogens is 386 g/mol. The average molecular weight is 410 g/mol. The number of hydrogen-bond acceptors (Lipinski definition) is 6. The standard InChI is InChI=1S/C19H23NO5S2/c1-25-16-7-5-6-15(12-16)10-11-20-18-13-26(21,22)14-19(18)27(23,24)17-8-3-2-4-9-17/h2-9,12,18-20H,10-11,13-14H2,1H3/t18-,19-/m0/s1. The second kappa shape index (κ2) is 8.00. The first-order chi connectivity index (χ1) is 12.8. The summed E-state index contributed by atoms with van der Waals surface area (Å²) in [5.41, 5.74) is 1.03. The lowest BCUT2D eigenvalue weighted by molar-refractivity contribution is 0.414. The fraction of sp³-hybridized carbons (Fsp3) is 0.368. The van der Waals surface area contributed by atoms with Crippen LogP contribution in [-0.2, 0) is 26.1 Å². The smallest absolute Gasteiger partial charge is 0.183 e.